The molecule has 0 radical (unpaired) electrons. The molecule has 18 heavy (non-hydrogen) atoms. The van der Waals surface area contributed by atoms with E-state index in [1.54, 1.807) is 12.1 Å². The van der Waals surface area contributed by atoms with Crippen LogP contribution in [0.3, 0.4) is 0 Å². The Hall–Kier alpha value is -1.59. The molecule has 0 saturated carbocycles. The highest BCUT2D eigenvalue weighted by Crippen LogP contribution is 2.25. The molecule has 0 amide bonds. The van der Waals surface area contributed by atoms with E-state index in [0.717, 1.165) is 5.56 Å². The van der Waals surface area contributed by atoms with Crippen LogP contribution in [0.15, 0.2) is 48.5 Å². The van der Waals surface area contributed by atoms with Crippen molar-refractivity contribution in [1.82, 2.24) is 0 Å². The molecule has 2 aromatic rings. The van der Waals surface area contributed by atoms with Gasteiger partial charge >= 0.3 is 0 Å². The van der Waals surface area contributed by atoms with Crippen molar-refractivity contribution in [3.05, 3.63) is 64.3 Å². The molecule has 0 aliphatic carbocycles. The molecule has 0 aliphatic heterocycles. The van der Waals surface area contributed by atoms with Gasteiger partial charge in [-0.05, 0) is 17.7 Å². The molecule has 94 valence electrons. The zero-order valence-electron chi connectivity index (χ0n) is 9.47. The first-order chi connectivity index (χ1) is 8.66. The predicted octanol–water partition coefficient (Wildman–Crippen LogP) is 2.32. The van der Waals surface area contributed by atoms with Crippen molar-refractivity contribution in [1.29, 1.82) is 0 Å². The Morgan fingerprint density at radius 2 is 1.89 bits per heavy atom. The van der Waals surface area contributed by atoms with Crippen molar-refractivity contribution in [3.8, 4) is 5.75 Å². The smallest absolute Gasteiger partial charge is 0.207 e. The van der Waals surface area contributed by atoms with Gasteiger partial charge in [-0.15, -0.1) is 0 Å². The molecule has 2 rings (SSSR count). The van der Waals surface area contributed by atoms with Gasteiger partial charge in [-0.3, -0.25) is 0 Å². The van der Waals surface area contributed by atoms with Crippen molar-refractivity contribution < 1.29 is 15.2 Å². The summed E-state index contributed by atoms with van der Waals surface area (Å²) < 4.78 is 5.50. The molecule has 0 aliphatic rings. The van der Waals surface area contributed by atoms with Gasteiger partial charge in [0.1, 0.15) is 6.61 Å². The summed E-state index contributed by atoms with van der Waals surface area (Å²) in [4.78, 5) is 0. The highest BCUT2D eigenvalue weighted by Gasteiger charge is 2.11. The van der Waals surface area contributed by atoms with Gasteiger partial charge in [-0.25, -0.2) is 5.21 Å². The van der Waals surface area contributed by atoms with Crippen LogP contribution in [0.1, 0.15) is 5.56 Å². The zero-order valence-corrected chi connectivity index (χ0v) is 10.2. The number of quaternary nitrogens is 1. The largest absolute Gasteiger partial charge is 0.595 e. The molecule has 1 unspecified atom stereocenters. The van der Waals surface area contributed by atoms with Gasteiger partial charge in [0, 0.05) is 11.1 Å². The molecule has 0 spiro atoms. The maximum atomic E-state index is 11.0. The summed E-state index contributed by atoms with van der Waals surface area (Å²) in [6.07, 6.45) is 0. The lowest BCUT2D eigenvalue weighted by Crippen LogP contribution is -2.99. The van der Waals surface area contributed by atoms with Crippen LogP contribution >= 0.6 is 11.6 Å². The minimum absolute atomic E-state index is 0.0680. The van der Waals surface area contributed by atoms with Crippen molar-refractivity contribution in [2.45, 2.75) is 6.61 Å². The second-order valence-corrected chi connectivity index (χ2v) is 4.16. The van der Waals surface area contributed by atoms with Gasteiger partial charge in [0.2, 0.25) is 5.69 Å². The van der Waals surface area contributed by atoms with Crippen molar-refractivity contribution in [3.63, 3.8) is 0 Å². The van der Waals surface area contributed by atoms with Crippen molar-refractivity contribution in [2.75, 3.05) is 0 Å². The molecule has 2 N–H and O–H groups in total. The Kier molecular flexibility index (Phi) is 4.17. The first-order valence-corrected chi connectivity index (χ1v) is 5.74. The van der Waals surface area contributed by atoms with E-state index in [4.69, 9.17) is 21.5 Å². The van der Waals surface area contributed by atoms with Gasteiger partial charge in [-0.1, -0.05) is 41.9 Å². The molecule has 0 saturated heterocycles. The Morgan fingerprint density at radius 3 is 2.56 bits per heavy atom. The van der Waals surface area contributed by atoms with Crippen LogP contribution in [0.4, 0.5) is 5.69 Å². The first kappa shape index (κ1) is 12.9. The fourth-order valence-electron chi connectivity index (χ4n) is 1.53. The number of nitrogens with one attached hydrogen (secondary N) is 1. The number of hydrogen-bond donors (Lipinski definition) is 2. The summed E-state index contributed by atoms with van der Waals surface area (Å²) >= 11 is 5.76. The molecule has 0 heterocycles. The van der Waals surface area contributed by atoms with Gasteiger partial charge < -0.3 is 9.94 Å². The second-order valence-electron chi connectivity index (χ2n) is 3.72. The molecule has 0 fully saturated rings. The Balaban J connectivity index is 2.14. The average Bonchev–Trinajstić information content (AvgIpc) is 2.38. The molecule has 2 aromatic carbocycles. The van der Waals surface area contributed by atoms with E-state index in [1.807, 2.05) is 30.3 Å². The Labute approximate surface area is 110 Å². The second kappa shape index (κ2) is 5.84. The third-order valence-corrected chi connectivity index (χ3v) is 2.64. The number of rotatable bonds is 4. The van der Waals surface area contributed by atoms with Crippen LogP contribution in [0.2, 0.25) is 5.02 Å². The highest BCUT2D eigenvalue weighted by atomic mass is 35.5. The van der Waals surface area contributed by atoms with E-state index in [0.29, 0.717) is 17.4 Å². The molecular weight excluding hydrogens is 254 g/mol. The van der Waals surface area contributed by atoms with Crippen LogP contribution in [0, 0.1) is 5.21 Å². The van der Waals surface area contributed by atoms with Crippen LogP contribution in [0.5, 0.6) is 5.75 Å². The SMILES string of the molecule is [O-][NH+](O)c1cc(Cl)ccc1OCc1ccccc1. The van der Waals surface area contributed by atoms with E-state index in [1.165, 1.54) is 6.07 Å². The number of ether oxygens (including phenoxy) is 1. The van der Waals surface area contributed by atoms with Gasteiger partial charge in [-0.2, -0.15) is 5.23 Å². The summed E-state index contributed by atoms with van der Waals surface area (Å²) in [5.74, 6) is 0.316. The van der Waals surface area contributed by atoms with E-state index in [9.17, 15) is 5.21 Å². The lowest BCUT2D eigenvalue weighted by atomic mass is 10.2. The first-order valence-electron chi connectivity index (χ1n) is 5.36. The average molecular weight is 266 g/mol. The minimum Gasteiger partial charge on any atom is -0.595 e. The standard InChI is InChI=1S/C13H12ClNO3/c14-11-6-7-13(12(8-11)15(16)17)18-9-10-4-2-1-3-5-10/h1-8,15-16H,9H2. The predicted molar refractivity (Wildman–Crippen MR) is 68.0 cm³/mol. The minimum atomic E-state index is -1.06. The van der Waals surface area contributed by atoms with Gasteiger partial charge in [0.15, 0.2) is 5.75 Å². The summed E-state index contributed by atoms with van der Waals surface area (Å²) in [7, 11) is 0. The van der Waals surface area contributed by atoms with Gasteiger partial charge in [0.05, 0.1) is 0 Å². The van der Waals surface area contributed by atoms with E-state index < -0.39 is 5.23 Å². The molecule has 4 nitrogen and oxygen atoms in total. The normalized spacial score (nSPS) is 12.2. The lowest BCUT2D eigenvalue weighted by Gasteiger charge is -2.16. The maximum Gasteiger partial charge on any atom is 0.207 e. The molecule has 5 heteroatoms. The van der Waals surface area contributed by atoms with Crippen LogP contribution in [-0.2, 0) is 6.61 Å². The molecular formula is C13H12ClNO3. The Morgan fingerprint density at radius 1 is 1.17 bits per heavy atom. The van der Waals surface area contributed by atoms with Crippen LogP contribution < -0.4 is 9.96 Å². The molecule has 0 aromatic heterocycles. The van der Waals surface area contributed by atoms with E-state index >= 15 is 0 Å². The number of halogens is 1. The summed E-state index contributed by atoms with van der Waals surface area (Å²) in [6.45, 7) is 0.322. The zero-order chi connectivity index (χ0) is 13.0. The van der Waals surface area contributed by atoms with E-state index in [-0.39, 0.29) is 5.69 Å². The van der Waals surface area contributed by atoms with Crippen LogP contribution in [0.25, 0.3) is 0 Å². The lowest BCUT2D eigenvalue weighted by molar-refractivity contribution is -0.991. The van der Waals surface area contributed by atoms with Crippen molar-refractivity contribution in [2.24, 2.45) is 0 Å². The monoisotopic (exact) mass is 265 g/mol. The summed E-state index contributed by atoms with van der Waals surface area (Å²) in [6, 6.07) is 14.1. The fraction of sp³-hybridized carbons (Fsp3) is 0.0769. The summed E-state index contributed by atoms with van der Waals surface area (Å²) in [5, 5.41) is 19.4. The Bertz CT molecular complexity index is 517. The fourth-order valence-corrected chi connectivity index (χ4v) is 1.70. The third-order valence-electron chi connectivity index (χ3n) is 2.41. The molecule has 1 atom stereocenters. The highest BCUT2D eigenvalue weighted by molar-refractivity contribution is 6.30. The molecule has 0 bridgehead atoms. The maximum absolute atomic E-state index is 11.0. The van der Waals surface area contributed by atoms with Crippen LogP contribution in [-0.4, -0.2) is 5.21 Å². The van der Waals surface area contributed by atoms with Gasteiger partial charge in [0.25, 0.3) is 0 Å². The van der Waals surface area contributed by atoms with Crippen molar-refractivity contribution >= 4 is 17.3 Å². The number of hydrogen-bond acceptors (Lipinski definition) is 3. The number of benzene rings is 2. The van der Waals surface area contributed by atoms with E-state index in [2.05, 4.69) is 0 Å². The quantitative estimate of drug-likeness (QED) is 0.834. The topological polar surface area (TPSA) is 57.0 Å². The third kappa shape index (κ3) is 3.21. The summed E-state index contributed by atoms with van der Waals surface area (Å²) in [5.41, 5.74) is 1.04.